The summed E-state index contributed by atoms with van der Waals surface area (Å²) >= 11 is 0. The molecule has 0 unspecified atom stereocenters. The van der Waals surface area contributed by atoms with Crippen LogP contribution in [0.2, 0.25) is 0 Å². The molecule has 0 bridgehead atoms. The quantitative estimate of drug-likeness (QED) is 0.712. The Kier molecular flexibility index (Phi) is 5.44. The summed E-state index contributed by atoms with van der Waals surface area (Å²) in [6.45, 7) is 7.06. The molecule has 2 amide bonds. The summed E-state index contributed by atoms with van der Waals surface area (Å²) in [5.41, 5.74) is 5.34. The van der Waals surface area contributed by atoms with Crippen LogP contribution in [-0.4, -0.2) is 47.6 Å². The first kappa shape index (κ1) is 17.1. The molecule has 0 saturated carbocycles. The highest BCUT2D eigenvalue weighted by molar-refractivity contribution is 6.00. The number of phenolic OH excluding ortho intramolecular Hbond substituents is 1. The SMILES string of the molecule is CC(C)N1CCCC1.NC(=O)c1cc(O)c2c(c1)OCC(=O)N2. The highest BCUT2D eigenvalue weighted by atomic mass is 16.5. The second kappa shape index (κ2) is 7.32. The summed E-state index contributed by atoms with van der Waals surface area (Å²) in [5, 5.41) is 11.9. The van der Waals surface area contributed by atoms with Gasteiger partial charge in [-0.3, -0.25) is 9.59 Å². The molecule has 1 aromatic carbocycles. The van der Waals surface area contributed by atoms with Gasteiger partial charge in [-0.2, -0.15) is 0 Å². The van der Waals surface area contributed by atoms with E-state index in [0.717, 1.165) is 6.04 Å². The van der Waals surface area contributed by atoms with Crippen molar-refractivity contribution in [2.24, 2.45) is 5.73 Å². The summed E-state index contributed by atoms with van der Waals surface area (Å²) in [5.74, 6) is -1.03. The Hall–Kier alpha value is -2.28. The monoisotopic (exact) mass is 321 g/mol. The summed E-state index contributed by atoms with van der Waals surface area (Å²) in [7, 11) is 0. The Morgan fingerprint density at radius 1 is 1.35 bits per heavy atom. The molecule has 1 saturated heterocycles. The molecule has 7 nitrogen and oxygen atoms in total. The molecule has 2 aliphatic heterocycles. The van der Waals surface area contributed by atoms with Gasteiger partial charge in [0.2, 0.25) is 5.91 Å². The van der Waals surface area contributed by atoms with E-state index in [0.29, 0.717) is 0 Å². The Balaban J connectivity index is 0.000000203. The van der Waals surface area contributed by atoms with Crippen LogP contribution in [-0.2, 0) is 4.79 Å². The number of phenols is 1. The third-order valence-corrected chi connectivity index (χ3v) is 3.86. The summed E-state index contributed by atoms with van der Waals surface area (Å²) in [4.78, 5) is 24.4. The number of primary amides is 1. The van der Waals surface area contributed by atoms with Crippen molar-refractivity contribution < 1.29 is 19.4 Å². The lowest BCUT2D eigenvalue weighted by molar-refractivity contribution is -0.118. The number of hydrogen-bond donors (Lipinski definition) is 3. The lowest BCUT2D eigenvalue weighted by Crippen LogP contribution is -2.26. The molecule has 0 spiro atoms. The third-order valence-electron chi connectivity index (χ3n) is 3.86. The van der Waals surface area contributed by atoms with Gasteiger partial charge in [-0.05, 0) is 51.9 Å². The van der Waals surface area contributed by atoms with Crippen LogP contribution in [0.5, 0.6) is 11.5 Å². The second-order valence-electron chi connectivity index (χ2n) is 5.91. The first-order valence-electron chi connectivity index (χ1n) is 7.72. The Labute approximate surface area is 135 Å². The number of fused-ring (bicyclic) bond motifs is 1. The largest absolute Gasteiger partial charge is 0.506 e. The molecule has 1 fully saturated rings. The number of anilines is 1. The normalized spacial score (nSPS) is 16.9. The maximum absolute atomic E-state index is 11.0. The lowest BCUT2D eigenvalue weighted by atomic mass is 10.1. The summed E-state index contributed by atoms with van der Waals surface area (Å²) in [6, 6.07) is 3.32. The zero-order chi connectivity index (χ0) is 17.0. The van der Waals surface area contributed by atoms with Crippen molar-refractivity contribution in [2.45, 2.75) is 32.7 Å². The number of aromatic hydroxyl groups is 1. The van der Waals surface area contributed by atoms with Crippen LogP contribution in [0.4, 0.5) is 5.69 Å². The van der Waals surface area contributed by atoms with Crippen molar-refractivity contribution in [2.75, 3.05) is 25.0 Å². The minimum Gasteiger partial charge on any atom is -0.506 e. The van der Waals surface area contributed by atoms with E-state index < -0.39 is 5.91 Å². The fourth-order valence-electron chi connectivity index (χ4n) is 2.56. The van der Waals surface area contributed by atoms with Crippen molar-refractivity contribution in [3.05, 3.63) is 17.7 Å². The van der Waals surface area contributed by atoms with Gasteiger partial charge in [0.25, 0.3) is 5.91 Å². The number of ether oxygens (including phenoxy) is 1. The van der Waals surface area contributed by atoms with Gasteiger partial charge in [-0.1, -0.05) is 0 Å². The average Bonchev–Trinajstić information content (AvgIpc) is 3.03. The molecule has 4 N–H and O–H groups in total. The number of rotatable bonds is 2. The molecule has 0 aromatic heterocycles. The van der Waals surface area contributed by atoms with E-state index in [2.05, 4.69) is 24.1 Å². The predicted molar refractivity (Wildman–Crippen MR) is 86.7 cm³/mol. The molecule has 2 aliphatic rings. The topological polar surface area (TPSA) is 105 Å². The van der Waals surface area contributed by atoms with Crippen molar-refractivity contribution in [3.63, 3.8) is 0 Å². The van der Waals surface area contributed by atoms with Gasteiger partial charge in [0.15, 0.2) is 6.61 Å². The van der Waals surface area contributed by atoms with Gasteiger partial charge >= 0.3 is 0 Å². The lowest BCUT2D eigenvalue weighted by Gasteiger charge is -2.19. The number of amides is 2. The third kappa shape index (κ3) is 4.35. The molecular weight excluding hydrogens is 298 g/mol. The minimum absolute atomic E-state index is 0.127. The number of nitrogens with one attached hydrogen (secondary N) is 1. The molecule has 1 aromatic rings. The van der Waals surface area contributed by atoms with Gasteiger partial charge in [0, 0.05) is 11.6 Å². The Bertz CT molecular complexity index is 595. The molecular formula is C16H23N3O4. The number of benzene rings is 1. The van der Waals surface area contributed by atoms with E-state index in [1.54, 1.807) is 0 Å². The van der Waals surface area contributed by atoms with Crippen LogP contribution in [0.3, 0.4) is 0 Å². The van der Waals surface area contributed by atoms with Crippen LogP contribution in [0.15, 0.2) is 12.1 Å². The van der Waals surface area contributed by atoms with Gasteiger partial charge in [-0.25, -0.2) is 0 Å². The van der Waals surface area contributed by atoms with E-state index >= 15 is 0 Å². The highest BCUT2D eigenvalue weighted by Gasteiger charge is 2.21. The zero-order valence-corrected chi connectivity index (χ0v) is 13.5. The first-order chi connectivity index (χ1) is 10.9. The van der Waals surface area contributed by atoms with Crippen LogP contribution < -0.4 is 15.8 Å². The van der Waals surface area contributed by atoms with Gasteiger partial charge in [-0.15, -0.1) is 0 Å². The Morgan fingerprint density at radius 2 is 2.00 bits per heavy atom. The number of nitrogens with zero attached hydrogens (tertiary/aromatic N) is 1. The number of nitrogens with two attached hydrogens (primary N) is 1. The fraction of sp³-hybridized carbons (Fsp3) is 0.500. The first-order valence-corrected chi connectivity index (χ1v) is 7.72. The molecule has 0 atom stereocenters. The number of hydrogen-bond acceptors (Lipinski definition) is 5. The standard InChI is InChI=1S/C9H8N2O4.C7H15N/c10-9(14)4-1-5(12)8-6(2-4)15-3-7(13)11-8;1-7(2)8-5-3-4-6-8/h1-2,12H,3H2,(H2,10,14)(H,11,13);7H,3-6H2,1-2H3. The number of carbonyl (C=O) groups excluding carboxylic acids is 2. The summed E-state index contributed by atoms with van der Waals surface area (Å²) in [6.07, 6.45) is 2.83. The van der Waals surface area contributed by atoms with E-state index in [-0.39, 0.29) is 35.3 Å². The zero-order valence-electron chi connectivity index (χ0n) is 13.5. The maximum atomic E-state index is 11.0. The highest BCUT2D eigenvalue weighted by Crippen LogP contribution is 2.37. The van der Waals surface area contributed by atoms with Crippen molar-refractivity contribution in [3.8, 4) is 11.5 Å². The average molecular weight is 321 g/mol. The van der Waals surface area contributed by atoms with Crippen LogP contribution in [0, 0.1) is 0 Å². The van der Waals surface area contributed by atoms with Crippen molar-refractivity contribution >= 4 is 17.5 Å². The molecule has 126 valence electrons. The molecule has 23 heavy (non-hydrogen) atoms. The predicted octanol–water partition coefficient (Wildman–Crippen LogP) is 1.31. The summed E-state index contributed by atoms with van der Waals surface area (Å²) < 4.78 is 5.03. The Morgan fingerprint density at radius 3 is 2.52 bits per heavy atom. The molecule has 2 heterocycles. The smallest absolute Gasteiger partial charge is 0.262 e. The van der Waals surface area contributed by atoms with E-state index in [1.165, 1.54) is 38.1 Å². The van der Waals surface area contributed by atoms with E-state index in [9.17, 15) is 14.7 Å². The van der Waals surface area contributed by atoms with Crippen molar-refractivity contribution in [1.29, 1.82) is 0 Å². The molecule has 3 rings (SSSR count). The van der Waals surface area contributed by atoms with E-state index in [4.69, 9.17) is 10.5 Å². The molecule has 0 aliphatic carbocycles. The van der Waals surface area contributed by atoms with Crippen LogP contribution in [0.25, 0.3) is 0 Å². The van der Waals surface area contributed by atoms with Gasteiger partial charge in [0.05, 0.1) is 0 Å². The van der Waals surface area contributed by atoms with Gasteiger partial charge in [0.1, 0.15) is 17.2 Å². The minimum atomic E-state index is -0.673. The molecule has 0 radical (unpaired) electrons. The van der Waals surface area contributed by atoms with Gasteiger partial charge < -0.3 is 25.8 Å². The van der Waals surface area contributed by atoms with Crippen LogP contribution in [0.1, 0.15) is 37.0 Å². The van der Waals surface area contributed by atoms with Crippen LogP contribution >= 0.6 is 0 Å². The maximum Gasteiger partial charge on any atom is 0.262 e. The number of likely N-dealkylation sites (tertiary alicyclic amines) is 1. The van der Waals surface area contributed by atoms with E-state index in [1.807, 2.05) is 0 Å². The number of carbonyl (C=O) groups is 2. The van der Waals surface area contributed by atoms with Crippen molar-refractivity contribution in [1.82, 2.24) is 4.90 Å². The fourth-order valence-corrected chi connectivity index (χ4v) is 2.56. The second-order valence-corrected chi connectivity index (χ2v) is 5.91. The molecule has 7 heteroatoms.